The van der Waals surface area contributed by atoms with Crippen molar-refractivity contribution in [1.82, 2.24) is 15.0 Å². The molecule has 0 bridgehead atoms. The Morgan fingerprint density at radius 3 is 2.52 bits per heavy atom. The zero-order chi connectivity index (χ0) is 19.8. The molecule has 2 heterocycles. The minimum Gasteiger partial charge on any atom is -0.338 e. The van der Waals surface area contributed by atoms with Gasteiger partial charge >= 0.3 is 0 Å². The molecule has 0 fully saturated rings. The van der Waals surface area contributed by atoms with Crippen molar-refractivity contribution >= 4 is 37.6 Å². The molecule has 2 aromatic heterocycles. The number of nitrogens with zero attached hydrogens (tertiary/aromatic N) is 2. The van der Waals surface area contributed by atoms with Crippen LogP contribution in [0, 0.1) is 0 Å². The van der Waals surface area contributed by atoms with Gasteiger partial charge in [-0.3, -0.25) is 9.71 Å². The molecule has 0 spiro atoms. The van der Waals surface area contributed by atoms with Crippen LogP contribution < -0.4 is 4.72 Å². The Balaban J connectivity index is 1.50. The third-order valence-electron chi connectivity index (χ3n) is 4.66. The molecule has 0 amide bonds. The van der Waals surface area contributed by atoms with Crippen molar-refractivity contribution in [2.45, 2.75) is 4.90 Å². The Morgan fingerprint density at radius 1 is 0.828 bits per heavy atom. The lowest BCUT2D eigenvalue weighted by atomic mass is 10.1. The molecule has 5 rings (SSSR count). The summed E-state index contributed by atoms with van der Waals surface area (Å²) in [7, 11) is -3.64. The highest BCUT2D eigenvalue weighted by atomic mass is 32.2. The van der Waals surface area contributed by atoms with Crippen molar-refractivity contribution in [3.8, 4) is 11.4 Å². The number of hydrogen-bond acceptors (Lipinski definition) is 4. The van der Waals surface area contributed by atoms with E-state index in [-0.39, 0.29) is 4.90 Å². The summed E-state index contributed by atoms with van der Waals surface area (Å²) in [6.45, 7) is 0. The Hall–Kier alpha value is -3.71. The van der Waals surface area contributed by atoms with Crippen molar-refractivity contribution < 1.29 is 8.42 Å². The summed E-state index contributed by atoms with van der Waals surface area (Å²) in [4.78, 5) is 12.5. The number of aromatic amines is 1. The quantitative estimate of drug-likeness (QED) is 0.462. The molecule has 0 aliphatic carbocycles. The second kappa shape index (κ2) is 6.72. The van der Waals surface area contributed by atoms with Crippen LogP contribution in [0.2, 0.25) is 0 Å². The van der Waals surface area contributed by atoms with Crippen LogP contribution in [0.5, 0.6) is 0 Å². The van der Waals surface area contributed by atoms with Crippen LogP contribution in [0.25, 0.3) is 33.3 Å². The summed E-state index contributed by atoms with van der Waals surface area (Å²) in [5, 5.41) is 1.03. The second-order valence-corrected chi connectivity index (χ2v) is 8.33. The number of sulfonamides is 1. The lowest BCUT2D eigenvalue weighted by molar-refractivity contribution is 0.601. The molecule has 29 heavy (non-hydrogen) atoms. The van der Waals surface area contributed by atoms with E-state index in [1.807, 2.05) is 30.3 Å². The molecule has 0 aliphatic rings. The van der Waals surface area contributed by atoms with Crippen molar-refractivity contribution in [1.29, 1.82) is 0 Å². The molecule has 0 saturated carbocycles. The number of benzene rings is 3. The third-order valence-corrected chi connectivity index (χ3v) is 6.06. The van der Waals surface area contributed by atoms with Crippen molar-refractivity contribution in [3.05, 3.63) is 85.1 Å². The van der Waals surface area contributed by atoms with Gasteiger partial charge in [-0.05, 0) is 54.6 Å². The first kappa shape index (κ1) is 17.4. The first-order chi connectivity index (χ1) is 14.1. The van der Waals surface area contributed by atoms with Gasteiger partial charge in [0.25, 0.3) is 10.0 Å². The zero-order valence-corrected chi connectivity index (χ0v) is 16.0. The summed E-state index contributed by atoms with van der Waals surface area (Å²) in [5.41, 5.74) is 3.84. The largest absolute Gasteiger partial charge is 0.338 e. The Labute approximate surface area is 167 Å². The number of imidazole rings is 1. The average Bonchev–Trinajstić information content (AvgIpc) is 3.17. The number of anilines is 1. The first-order valence-corrected chi connectivity index (χ1v) is 10.5. The summed E-state index contributed by atoms with van der Waals surface area (Å²) < 4.78 is 27.7. The van der Waals surface area contributed by atoms with Crippen molar-refractivity contribution in [2.24, 2.45) is 0 Å². The molecule has 3 aromatic carbocycles. The van der Waals surface area contributed by atoms with E-state index in [1.165, 1.54) is 0 Å². The SMILES string of the molecule is O=S(=O)(Nc1ccc2nc(-c3ccc4ncccc4c3)[nH]c2c1)c1ccccc1. The van der Waals surface area contributed by atoms with Gasteiger partial charge in [-0.15, -0.1) is 0 Å². The fourth-order valence-corrected chi connectivity index (χ4v) is 4.32. The van der Waals surface area contributed by atoms with E-state index in [2.05, 4.69) is 19.7 Å². The highest BCUT2D eigenvalue weighted by Crippen LogP contribution is 2.26. The molecule has 0 aliphatic heterocycles. The second-order valence-electron chi connectivity index (χ2n) is 6.65. The van der Waals surface area contributed by atoms with Gasteiger partial charge in [0.15, 0.2) is 0 Å². The van der Waals surface area contributed by atoms with E-state index in [9.17, 15) is 8.42 Å². The lowest BCUT2D eigenvalue weighted by Gasteiger charge is -2.07. The Kier molecular flexibility index (Phi) is 4.03. The number of nitrogens with one attached hydrogen (secondary N) is 2. The molecule has 5 aromatic rings. The Bertz CT molecular complexity index is 1440. The molecule has 0 saturated heterocycles. The van der Waals surface area contributed by atoms with Crippen LogP contribution in [0.3, 0.4) is 0 Å². The first-order valence-electron chi connectivity index (χ1n) is 9.01. The molecule has 0 radical (unpaired) electrons. The van der Waals surface area contributed by atoms with Gasteiger partial charge < -0.3 is 4.98 Å². The number of rotatable bonds is 4. The molecular weight excluding hydrogens is 384 g/mol. The summed E-state index contributed by atoms with van der Waals surface area (Å²) in [6.07, 6.45) is 1.77. The van der Waals surface area contributed by atoms with Gasteiger partial charge in [-0.25, -0.2) is 13.4 Å². The smallest absolute Gasteiger partial charge is 0.261 e. The van der Waals surface area contributed by atoms with Gasteiger partial charge in [-0.2, -0.15) is 0 Å². The summed E-state index contributed by atoms with van der Waals surface area (Å²) >= 11 is 0. The van der Waals surface area contributed by atoms with Crippen LogP contribution >= 0.6 is 0 Å². The highest BCUT2D eigenvalue weighted by Gasteiger charge is 2.14. The van der Waals surface area contributed by atoms with E-state index in [4.69, 9.17) is 0 Å². The molecule has 0 unspecified atom stereocenters. The van der Waals surface area contributed by atoms with Crippen LogP contribution in [0.1, 0.15) is 0 Å². The van der Waals surface area contributed by atoms with Crippen molar-refractivity contribution in [2.75, 3.05) is 4.72 Å². The summed E-state index contributed by atoms with van der Waals surface area (Å²) in [5.74, 6) is 0.716. The van der Waals surface area contributed by atoms with E-state index in [1.54, 1.807) is 54.7 Å². The monoisotopic (exact) mass is 400 g/mol. The average molecular weight is 400 g/mol. The van der Waals surface area contributed by atoms with Gasteiger partial charge in [0.05, 0.1) is 27.1 Å². The molecule has 7 heteroatoms. The Morgan fingerprint density at radius 2 is 1.66 bits per heavy atom. The maximum Gasteiger partial charge on any atom is 0.261 e. The molecular formula is C22H16N4O2S. The standard InChI is InChI=1S/C22H16N4O2S/c27-29(28,18-6-2-1-3-7-18)26-17-9-11-20-21(14-17)25-22(24-20)16-8-10-19-15(13-16)5-4-12-23-19/h1-14,26H,(H,24,25). The number of hydrogen-bond donors (Lipinski definition) is 2. The number of fused-ring (bicyclic) bond motifs is 2. The third kappa shape index (κ3) is 3.32. The van der Waals surface area contributed by atoms with Gasteiger partial charge in [0.1, 0.15) is 5.82 Å². The number of aromatic nitrogens is 3. The lowest BCUT2D eigenvalue weighted by Crippen LogP contribution is -2.12. The normalized spacial score (nSPS) is 11.7. The van der Waals surface area contributed by atoms with E-state index in [0.717, 1.165) is 27.5 Å². The molecule has 0 atom stereocenters. The van der Waals surface area contributed by atoms with Crippen molar-refractivity contribution in [3.63, 3.8) is 0 Å². The molecule has 142 valence electrons. The maximum atomic E-state index is 12.5. The molecule has 2 N–H and O–H groups in total. The predicted molar refractivity (Wildman–Crippen MR) is 114 cm³/mol. The topological polar surface area (TPSA) is 87.7 Å². The van der Waals surface area contributed by atoms with Crippen LogP contribution in [0.15, 0.2) is 90.0 Å². The van der Waals surface area contributed by atoms with E-state index < -0.39 is 10.0 Å². The molecule has 6 nitrogen and oxygen atoms in total. The van der Waals surface area contributed by atoms with E-state index in [0.29, 0.717) is 11.5 Å². The zero-order valence-electron chi connectivity index (χ0n) is 15.2. The van der Waals surface area contributed by atoms with Gasteiger partial charge in [0, 0.05) is 17.1 Å². The van der Waals surface area contributed by atoms with Crippen LogP contribution in [0.4, 0.5) is 5.69 Å². The van der Waals surface area contributed by atoms with Crippen LogP contribution in [-0.2, 0) is 10.0 Å². The minimum absolute atomic E-state index is 0.218. The predicted octanol–water partition coefficient (Wildman–Crippen LogP) is 4.58. The highest BCUT2D eigenvalue weighted by molar-refractivity contribution is 7.92. The van der Waals surface area contributed by atoms with Crippen LogP contribution in [-0.4, -0.2) is 23.4 Å². The van der Waals surface area contributed by atoms with Gasteiger partial charge in [0.2, 0.25) is 0 Å². The number of pyridine rings is 1. The minimum atomic E-state index is -3.64. The fourth-order valence-electron chi connectivity index (χ4n) is 3.25. The van der Waals surface area contributed by atoms with Gasteiger partial charge in [-0.1, -0.05) is 24.3 Å². The summed E-state index contributed by atoms with van der Waals surface area (Å²) in [6, 6.07) is 23.4. The number of H-pyrrole nitrogens is 1. The maximum absolute atomic E-state index is 12.5. The van der Waals surface area contributed by atoms with E-state index >= 15 is 0 Å². The fraction of sp³-hybridized carbons (Fsp3) is 0.